The predicted octanol–water partition coefficient (Wildman–Crippen LogP) is 3.08. The third kappa shape index (κ3) is 2.91. The lowest BCUT2D eigenvalue weighted by Crippen LogP contribution is -2.62. The molecule has 5 heteroatoms. The van der Waals surface area contributed by atoms with Gasteiger partial charge in [0.15, 0.2) is 0 Å². The molecule has 1 amide bonds. The molecule has 1 aliphatic heterocycles. The molecule has 1 N–H and O–H groups in total. The second-order valence-electron chi connectivity index (χ2n) is 7.97. The van der Waals surface area contributed by atoms with Gasteiger partial charge in [-0.3, -0.25) is 4.79 Å². The highest BCUT2D eigenvalue weighted by Crippen LogP contribution is 2.51. The molecule has 1 spiro atoms. The number of hydrogen-bond donors (Lipinski definition) is 1. The first-order valence-corrected chi connectivity index (χ1v) is 9.59. The van der Waals surface area contributed by atoms with Crippen LogP contribution in [-0.2, 0) is 4.74 Å². The Morgan fingerprint density at radius 2 is 2.00 bits per heavy atom. The molecule has 0 bridgehead atoms. The van der Waals surface area contributed by atoms with Gasteiger partial charge in [0.1, 0.15) is 0 Å². The van der Waals surface area contributed by atoms with Crippen molar-refractivity contribution in [1.29, 1.82) is 0 Å². The number of aliphatic hydroxyl groups is 1. The van der Waals surface area contributed by atoms with E-state index in [1.165, 1.54) is 0 Å². The largest absolute Gasteiger partial charge is 0.392 e. The quantitative estimate of drug-likeness (QED) is 0.910. The average molecular weight is 348 g/mol. The lowest BCUT2D eigenvalue weighted by molar-refractivity contribution is -0.207. The Kier molecular flexibility index (Phi) is 5.00. The van der Waals surface area contributed by atoms with Gasteiger partial charge in [-0.1, -0.05) is 0 Å². The van der Waals surface area contributed by atoms with E-state index in [-0.39, 0.29) is 23.5 Å². The summed E-state index contributed by atoms with van der Waals surface area (Å²) < 4.78 is 8.04. The zero-order valence-corrected chi connectivity index (χ0v) is 16.2. The molecule has 3 rings (SSSR count). The van der Waals surface area contributed by atoms with Crippen molar-refractivity contribution in [2.24, 2.45) is 5.41 Å². The molecule has 2 unspecified atom stereocenters. The van der Waals surface area contributed by atoms with E-state index in [4.69, 9.17) is 4.74 Å². The molecule has 1 saturated carbocycles. The van der Waals surface area contributed by atoms with Crippen molar-refractivity contribution in [3.8, 4) is 0 Å². The maximum absolute atomic E-state index is 13.0. The zero-order chi connectivity index (χ0) is 18.4. The second kappa shape index (κ2) is 6.76. The molecule has 2 atom stereocenters. The summed E-state index contributed by atoms with van der Waals surface area (Å²) in [5, 5.41) is 10.3. The van der Waals surface area contributed by atoms with Gasteiger partial charge in [-0.2, -0.15) is 0 Å². The Morgan fingerprint density at radius 3 is 2.48 bits per heavy atom. The Hall–Kier alpha value is -1.33. The average Bonchev–Trinajstić information content (AvgIpc) is 2.88. The Balaban J connectivity index is 1.71. The maximum Gasteiger partial charge on any atom is 0.255 e. The molecule has 25 heavy (non-hydrogen) atoms. The van der Waals surface area contributed by atoms with E-state index in [1.54, 1.807) is 0 Å². The fourth-order valence-electron chi connectivity index (χ4n) is 4.90. The minimum absolute atomic E-state index is 0.122. The van der Waals surface area contributed by atoms with Crippen molar-refractivity contribution in [3.05, 3.63) is 23.0 Å². The summed E-state index contributed by atoms with van der Waals surface area (Å²) in [6.07, 6.45) is 2.25. The van der Waals surface area contributed by atoms with Crippen LogP contribution in [0.3, 0.4) is 0 Å². The van der Waals surface area contributed by atoms with E-state index in [2.05, 4.69) is 25.3 Å². The second-order valence-corrected chi connectivity index (χ2v) is 7.97. The van der Waals surface area contributed by atoms with Gasteiger partial charge < -0.3 is 19.3 Å². The first-order chi connectivity index (χ1) is 11.8. The van der Waals surface area contributed by atoms with E-state index in [0.717, 1.165) is 36.2 Å². The minimum Gasteiger partial charge on any atom is -0.392 e. The van der Waals surface area contributed by atoms with Gasteiger partial charge in [-0.05, 0) is 53.5 Å². The molecule has 0 aromatic carbocycles. The number of ether oxygens (including phenoxy) is 1. The van der Waals surface area contributed by atoms with Crippen molar-refractivity contribution in [2.75, 3.05) is 19.7 Å². The summed E-state index contributed by atoms with van der Waals surface area (Å²) in [7, 11) is 0. The van der Waals surface area contributed by atoms with Crippen LogP contribution in [-0.4, -0.2) is 52.4 Å². The predicted molar refractivity (Wildman–Crippen MR) is 97.9 cm³/mol. The van der Waals surface area contributed by atoms with Crippen LogP contribution in [0.4, 0.5) is 0 Å². The molecular weight excluding hydrogens is 316 g/mol. The molecule has 2 fully saturated rings. The Labute approximate surface area is 151 Å². The third-order valence-corrected chi connectivity index (χ3v) is 6.32. The summed E-state index contributed by atoms with van der Waals surface area (Å²) in [5.74, 6) is 0.122. The van der Waals surface area contributed by atoms with Crippen molar-refractivity contribution in [3.63, 3.8) is 0 Å². The summed E-state index contributed by atoms with van der Waals surface area (Å²) >= 11 is 0. The van der Waals surface area contributed by atoms with Crippen molar-refractivity contribution in [2.45, 2.75) is 72.1 Å². The molecule has 0 radical (unpaired) electrons. The number of likely N-dealkylation sites (tertiary alicyclic amines) is 1. The number of aliphatic hydroxyl groups excluding tert-OH is 1. The molecule has 1 aliphatic carbocycles. The lowest BCUT2D eigenvalue weighted by atomic mass is 9.58. The third-order valence-electron chi connectivity index (χ3n) is 6.32. The van der Waals surface area contributed by atoms with E-state index >= 15 is 0 Å². The van der Waals surface area contributed by atoms with Gasteiger partial charge >= 0.3 is 0 Å². The van der Waals surface area contributed by atoms with Gasteiger partial charge in [0.2, 0.25) is 0 Å². The van der Waals surface area contributed by atoms with Crippen molar-refractivity contribution >= 4 is 5.91 Å². The number of aryl methyl sites for hydroxylation is 1. The fraction of sp³-hybridized carbons (Fsp3) is 0.750. The van der Waals surface area contributed by atoms with Crippen LogP contribution in [0.5, 0.6) is 0 Å². The highest BCUT2D eigenvalue weighted by atomic mass is 16.5. The molecule has 2 aliphatic rings. The summed E-state index contributed by atoms with van der Waals surface area (Å²) in [4.78, 5) is 15.0. The van der Waals surface area contributed by atoms with Crippen LogP contribution in [0.15, 0.2) is 6.07 Å². The fourth-order valence-corrected chi connectivity index (χ4v) is 4.90. The smallest absolute Gasteiger partial charge is 0.255 e. The zero-order valence-electron chi connectivity index (χ0n) is 16.2. The number of aromatic nitrogens is 1. The van der Waals surface area contributed by atoms with Gasteiger partial charge in [-0.25, -0.2) is 0 Å². The van der Waals surface area contributed by atoms with Crippen LogP contribution in [0.1, 0.15) is 67.8 Å². The molecule has 1 aromatic rings. The molecule has 1 aromatic heterocycles. The van der Waals surface area contributed by atoms with Crippen LogP contribution in [0, 0.1) is 19.3 Å². The number of carbonyl (C=O) groups is 1. The SMILES string of the molecule is CCOC1CC(O)C12CCN(C(=O)c1cc(C)n(C(C)C)c1C)CC2. The Morgan fingerprint density at radius 1 is 1.36 bits per heavy atom. The molecular formula is C20H32N2O3. The maximum atomic E-state index is 13.0. The van der Waals surface area contributed by atoms with Gasteiger partial charge in [-0.15, -0.1) is 0 Å². The first kappa shape index (κ1) is 18.5. The molecule has 1 saturated heterocycles. The molecule has 2 heterocycles. The highest BCUT2D eigenvalue weighted by molar-refractivity contribution is 5.95. The van der Waals surface area contributed by atoms with Crippen LogP contribution in [0.25, 0.3) is 0 Å². The highest BCUT2D eigenvalue weighted by Gasteiger charge is 2.56. The summed E-state index contributed by atoms with van der Waals surface area (Å²) in [6.45, 7) is 12.5. The van der Waals surface area contributed by atoms with Crippen LogP contribution in [0.2, 0.25) is 0 Å². The monoisotopic (exact) mass is 348 g/mol. The normalized spacial score (nSPS) is 25.5. The minimum atomic E-state index is -0.285. The van der Waals surface area contributed by atoms with Crippen LogP contribution < -0.4 is 0 Å². The van der Waals surface area contributed by atoms with E-state index in [0.29, 0.717) is 25.7 Å². The Bertz CT molecular complexity index is 640. The topological polar surface area (TPSA) is 54.7 Å². The van der Waals surface area contributed by atoms with Gasteiger partial charge in [0, 0.05) is 49.0 Å². The molecule has 140 valence electrons. The van der Waals surface area contributed by atoms with Gasteiger partial charge in [0.25, 0.3) is 5.91 Å². The van der Waals surface area contributed by atoms with E-state index in [9.17, 15) is 9.90 Å². The number of nitrogens with zero attached hydrogens (tertiary/aromatic N) is 2. The standard InChI is InChI=1S/C20H32N2O3/c1-6-25-18-12-17(23)20(18)7-9-21(10-8-20)19(24)16-11-14(4)22(13(2)3)15(16)5/h11,13,17-18,23H,6-10,12H2,1-5H3. The van der Waals surface area contributed by atoms with Gasteiger partial charge in [0.05, 0.1) is 17.8 Å². The number of amides is 1. The van der Waals surface area contributed by atoms with Crippen molar-refractivity contribution in [1.82, 2.24) is 9.47 Å². The number of hydrogen-bond acceptors (Lipinski definition) is 3. The van der Waals surface area contributed by atoms with E-state index < -0.39 is 0 Å². The molecule has 5 nitrogen and oxygen atoms in total. The van der Waals surface area contributed by atoms with E-state index in [1.807, 2.05) is 24.8 Å². The summed E-state index contributed by atoms with van der Waals surface area (Å²) in [5.41, 5.74) is 2.86. The number of piperidine rings is 1. The number of carbonyl (C=O) groups excluding carboxylic acids is 1. The lowest BCUT2D eigenvalue weighted by Gasteiger charge is -2.56. The first-order valence-electron chi connectivity index (χ1n) is 9.59. The van der Waals surface area contributed by atoms with Crippen LogP contribution >= 0.6 is 0 Å². The summed E-state index contributed by atoms with van der Waals surface area (Å²) in [6, 6.07) is 2.37. The van der Waals surface area contributed by atoms with Crippen molar-refractivity contribution < 1.29 is 14.6 Å². The number of rotatable bonds is 4.